The second kappa shape index (κ2) is 5.54. The Morgan fingerprint density at radius 3 is 2.26 bits per heavy atom. The molecular weight excluding hydrogens is 271 g/mol. The standard InChI is InChI=1S/C12H11F5O2/c1-6(2-11(18)19)5-12(16,17)7-3-9(14)10(15)4-8(7)13/h3-4,6H,2,5H2,1H3,(H,18,19). The molecule has 0 aromatic heterocycles. The first-order valence-electron chi connectivity index (χ1n) is 5.38. The molecule has 1 N–H and O–H groups in total. The molecule has 0 aliphatic rings. The van der Waals surface area contributed by atoms with Crippen molar-refractivity contribution in [2.24, 2.45) is 5.92 Å². The van der Waals surface area contributed by atoms with Crippen LogP contribution in [0.3, 0.4) is 0 Å². The van der Waals surface area contributed by atoms with E-state index in [4.69, 9.17) is 5.11 Å². The van der Waals surface area contributed by atoms with Gasteiger partial charge < -0.3 is 5.11 Å². The van der Waals surface area contributed by atoms with Crippen molar-refractivity contribution in [1.29, 1.82) is 0 Å². The molecule has 0 amide bonds. The highest BCUT2D eigenvalue weighted by atomic mass is 19.3. The molecule has 0 spiro atoms. The lowest BCUT2D eigenvalue weighted by Crippen LogP contribution is -2.21. The average molecular weight is 282 g/mol. The number of carbonyl (C=O) groups is 1. The zero-order valence-corrected chi connectivity index (χ0v) is 9.89. The van der Waals surface area contributed by atoms with Gasteiger partial charge in [-0.3, -0.25) is 4.79 Å². The van der Waals surface area contributed by atoms with Gasteiger partial charge in [-0.15, -0.1) is 0 Å². The summed E-state index contributed by atoms with van der Waals surface area (Å²) in [6, 6.07) is 0.137. The third-order valence-electron chi connectivity index (χ3n) is 2.53. The van der Waals surface area contributed by atoms with Crippen molar-refractivity contribution < 1.29 is 31.9 Å². The number of rotatable bonds is 5. The van der Waals surface area contributed by atoms with Crippen molar-refractivity contribution in [3.8, 4) is 0 Å². The molecule has 7 heteroatoms. The van der Waals surface area contributed by atoms with Gasteiger partial charge in [0, 0.05) is 18.9 Å². The number of carboxylic acids is 1. The number of carboxylic acid groups (broad SMARTS) is 1. The van der Waals surface area contributed by atoms with Gasteiger partial charge in [0.25, 0.3) is 5.92 Å². The Kier molecular flexibility index (Phi) is 4.49. The third kappa shape index (κ3) is 3.90. The fraction of sp³-hybridized carbons (Fsp3) is 0.417. The summed E-state index contributed by atoms with van der Waals surface area (Å²) in [6.45, 7) is 1.25. The fourth-order valence-corrected chi connectivity index (χ4v) is 1.72. The molecule has 0 saturated heterocycles. The third-order valence-corrected chi connectivity index (χ3v) is 2.53. The maximum atomic E-state index is 13.7. The highest BCUT2D eigenvalue weighted by Gasteiger charge is 2.37. The summed E-state index contributed by atoms with van der Waals surface area (Å²) in [6.07, 6.45) is -1.50. The van der Waals surface area contributed by atoms with Gasteiger partial charge in [-0.05, 0) is 12.0 Å². The van der Waals surface area contributed by atoms with E-state index in [1.807, 2.05) is 0 Å². The van der Waals surface area contributed by atoms with Gasteiger partial charge in [0.1, 0.15) is 5.82 Å². The van der Waals surface area contributed by atoms with Gasteiger partial charge in [0.05, 0.1) is 5.56 Å². The summed E-state index contributed by atoms with van der Waals surface area (Å²) in [4.78, 5) is 10.4. The number of aliphatic carboxylic acids is 1. The molecule has 106 valence electrons. The van der Waals surface area contributed by atoms with E-state index in [0.29, 0.717) is 0 Å². The van der Waals surface area contributed by atoms with E-state index in [2.05, 4.69) is 0 Å². The minimum atomic E-state index is -3.77. The lowest BCUT2D eigenvalue weighted by Gasteiger charge is -2.20. The summed E-state index contributed by atoms with van der Waals surface area (Å²) >= 11 is 0. The lowest BCUT2D eigenvalue weighted by molar-refractivity contribution is -0.138. The molecule has 0 aliphatic carbocycles. The molecule has 2 nitrogen and oxygen atoms in total. The Hall–Kier alpha value is -1.66. The first kappa shape index (κ1) is 15.4. The minimum Gasteiger partial charge on any atom is -0.481 e. The van der Waals surface area contributed by atoms with Crippen LogP contribution in [0, 0.1) is 23.4 Å². The molecule has 1 rings (SSSR count). The Labute approximate surface area is 105 Å². The number of alkyl halides is 2. The lowest BCUT2D eigenvalue weighted by atomic mass is 9.94. The summed E-state index contributed by atoms with van der Waals surface area (Å²) < 4.78 is 66.2. The van der Waals surface area contributed by atoms with Crippen molar-refractivity contribution >= 4 is 5.97 Å². The van der Waals surface area contributed by atoms with Crippen LogP contribution in [0.5, 0.6) is 0 Å². The Bertz CT molecular complexity index is 487. The van der Waals surface area contributed by atoms with Crippen LogP contribution in [-0.4, -0.2) is 11.1 Å². The first-order chi connectivity index (χ1) is 8.63. The summed E-state index contributed by atoms with van der Waals surface area (Å²) in [5.41, 5.74) is -1.27. The zero-order chi connectivity index (χ0) is 14.8. The second-order valence-corrected chi connectivity index (χ2v) is 4.36. The maximum absolute atomic E-state index is 13.7. The second-order valence-electron chi connectivity index (χ2n) is 4.36. The summed E-state index contributed by atoms with van der Waals surface area (Å²) in [5, 5.41) is 8.46. The van der Waals surface area contributed by atoms with E-state index in [1.165, 1.54) is 6.92 Å². The number of hydrogen-bond acceptors (Lipinski definition) is 1. The van der Waals surface area contributed by atoms with Crippen LogP contribution in [0.15, 0.2) is 12.1 Å². The molecule has 1 atom stereocenters. The molecule has 1 aromatic carbocycles. The van der Waals surface area contributed by atoms with Gasteiger partial charge >= 0.3 is 5.97 Å². The van der Waals surface area contributed by atoms with Crippen LogP contribution >= 0.6 is 0 Å². The predicted molar refractivity (Wildman–Crippen MR) is 56.2 cm³/mol. The molecule has 0 fully saturated rings. The van der Waals surface area contributed by atoms with Gasteiger partial charge in [0.2, 0.25) is 0 Å². The Balaban J connectivity index is 2.99. The molecule has 1 unspecified atom stereocenters. The zero-order valence-electron chi connectivity index (χ0n) is 9.89. The monoisotopic (exact) mass is 282 g/mol. The SMILES string of the molecule is CC(CC(=O)O)CC(F)(F)c1cc(F)c(F)cc1F. The van der Waals surface area contributed by atoms with Gasteiger partial charge in [-0.25, -0.2) is 22.0 Å². The Morgan fingerprint density at radius 1 is 1.21 bits per heavy atom. The van der Waals surface area contributed by atoms with Gasteiger partial charge in [-0.2, -0.15) is 0 Å². The fourth-order valence-electron chi connectivity index (χ4n) is 1.72. The van der Waals surface area contributed by atoms with Crippen LogP contribution in [0.25, 0.3) is 0 Å². The van der Waals surface area contributed by atoms with Gasteiger partial charge in [0.15, 0.2) is 11.6 Å². The summed E-state index contributed by atoms with van der Waals surface area (Å²) in [5.74, 6) is -10.7. The highest BCUT2D eigenvalue weighted by molar-refractivity contribution is 5.66. The van der Waals surface area contributed by atoms with Crippen LogP contribution in [0.2, 0.25) is 0 Å². The highest BCUT2D eigenvalue weighted by Crippen LogP contribution is 2.37. The van der Waals surface area contributed by atoms with Crippen LogP contribution in [0.4, 0.5) is 22.0 Å². The first-order valence-corrected chi connectivity index (χ1v) is 5.38. The summed E-state index contributed by atoms with van der Waals surface area (Å²) in [7, 11) is 0. The quantitative estimate of drug-likeness (QED) is 0.660. The van der Waals surface area contributed by atoms with E-state index < -0.39 is 53.7 Å². The normalized spacial score (nSPS) is 13.4. The van der Waals surface area contributed by atoms with Crippen LogP contribution < -0.4 is 0 Å². The topological polar surface area (TPSA) is 37.3 Å². The molecule has 1 aromatic rings. The smallest absolute Gasteiger partial charge is 0.303 e. The van der Waals surface area contributed by atoms with Crippen molar-refractivity contribution in [3.63, 3.8) is 0 Å². The van der Waals surface area contributed by atoms with E-state index in [9.17, 15) is 26.7 Å². The minimum absolute atomic E-state index is 0.0421. The van der Waals surface area contributed by atoms with Crippen molar-refractivity contribution in [1.82, 2.24) is 0 Å². The molecule has 0 heterocycles. The van der Waals surface area contributed by atoms with Gasteiger partial charge in [-0.1, -0.05) is 6.92 Å². The van der Waals surface area contributed by atoms with E-state index in [-0.39, 0.29) is 12.1 Å². The average Bonchev–Trinajstić information content (AvgIpc) is 2.20. The van der Waals surface area contributed by atoms with E-state index in [0.717, 1.165) is 0 Å². The molecule has 19 heavy (non-hydrogen) atoms. The molecule has 0 radical (unpaired) electrons. The molecule has 0 bridgehead atoms. The van der Waals surface area contributed by atoms with Crippen molar-refractivity contribution in [3.05, 3.63) is 35.1 Å². The van der Waals surface area contributed by atoms with Crippen LogP contribution in [0.1, 0.15) is 25.3 Å². The number of benzene rings is 1. The van der Waals surface area contributed by atoms with Crippen LogP contribution in [-0.2, 0) is 10.7 Å². The maximum Gasteiger partial charge on any atom is 0.303 e. The molecular formula is C12H11F5O2. The predicted octanol–water partition coefficient (Wildman–Crippen LogP) is 3.70. The molecule has 0 aliphatic heterocycles. The number of halogens is 5. The Morgan fingerprint density at radius 2 is 1.74 bits per heavy atom. The molecule has 0 saturated carbocycles. The van der Waals surface area contributed by atoms with E-state index in [1.54, 1.807) is 0 Å². The van der Waals surface area contributed by atoms with Crippen molar-refractivity contribution in [2.75, 3.05) is 0 Å². The van der Waals surface area contributed by atoms with E-state index >= 15 is 0 Å². The largest absolute Gasteiger partial charge is 0.481 e. The number of hydrogen-bond donors (Lipinski definition) is 1. The van der Waals surface area contributed by atoms with Crippen molar-refractivity contribution in [2.45, 2.75) is 25.7 Å².